The van der Waals surface area contributed by atoms with E-state index in [0.29, 0.717) is 11.5 Å². The van der Waals surface area contributed by atoms with Crippen LogP contribution in [0, 0.1) is 13.8 Å². The van der Waals surface area contributed by atoms with Gasteiger partial charge in [0.15, 0.2) is 0 Å². The van der Waals surface area contributed by atoms with Gasteiger partial charge in [-0.3, -0.25) is 4.79 Å². The van der Waals surface area contributed by atoms with E-state index in [1.165, 1.54) is 11.1 Å². The van der Waals surface area contributed by atoms with Crippen LogP contribution in [0.4, 0.5) is 11.6 Å². The van der Waals surface area contributed by atoms with Crippen LogP contribution in [0.1, 0.15) is 40.0 Å². The molecule has 0 aliphatic heterocycles. The zero-order chi connectivity index (χ0) is 22.5. The highest BCUT2D eigenvalue weighted by molar-refractivity contribution is 5.95. The maximum absolute atomic E-state index is 12.8. The van der Waals surface area contributed by atoms with Crippen LogP contribution in [0.25, 0.3) is 11.1 Å². The number of hydrogen-bond donors (Lipinski definition) is 2. The van der Waals surface area contributed by atoms with Crippen molar-refractivity contribution in [3.05, 3.63) is 107 Å². The second-order valence-electron chi connectivity index (χ2n) is 7.98. The number of carbonyl (C=O) groups is 1. The van der Waals surface area contributed by atoms with Crippen LogP contribution in [0.15, 0.2) is 85.2 Å². The first-order chi connectivity index (χ1) is 15.5. The van der Waals surface area contributed by atoms with Gasteiger partial charge in [0.25, 0.3) is 5.91 Å². The molecule has 0 radical (unpaired) electrons. The van der Waals surface area contributed by atoms with Crippen LogP contribution < -0.4 is 10.6 Å². The van der Waals surface area contributed by atoms with Crippen molar-refractivity contribution in [3.8, 4) is 11.1 Å². The fraction of sp³-hybridized carbons (Fsp3) is 0.148. The molecule has 1 aromatic heterocycles. The van der Waals surface area contributed by atoms with Gasteiger partial charge in [-0.15, -0.1) is 0 Å². The summed E-state index contributed by atoms with van der Waals surface area (Å²) < 4.78 is 0. The molecule has 1 heterocycles. The summed E-state index contributed by atoms with van der Waals surface area (Å²) >= 11 is 0. The van der Waals surface area contributed by atoms with Crippen LogP contribution in [0.2, 0.25) is 0 Å². The van der Waals surface area contributed by atoms with Gasteiger partial charge in [0.2, 0.25) is 5.95 Å². The number of aromatic nitrogens is 2. The Hall–Kier alpha value is -3.99. The van der Waals surface area contributed by atoms with E-state index < -0.39 is 0 Å². The molecule has 1 atom stereocenters. The lowest BCUT2D eigenvalue weighted by Crippen LogP contribution is -2.26. The van der Waals surface area contributed by atoms with Crippen molar-refractivity contribution < 1.29 is 4.79 Å². The van der Waals surface area contributed by atoms with Crippen molar-refractivity contribution in [1.82, 2.24) is 15.3 Å². The average molecular weight is 423 g/mol. The fourth-order valence-electron chi connectivity index (χ4n) is 3.45. The highest BCUT2D eigenvalue weighted by atomic mass is 16.1. The molecule has 0 fully saturated rings. The van der Waals surface area contributed by atoms with Crippen molar-refractivity contribution in [3.63, 3.8) is 0 Å². The standard InChI is InChI=1S/C27H26N4O/c1-18-10-12-21(13-11-18)20(3)30-26(32)23-8-5-9-25(15-23)31-27-28-16-24(17-29-27)22-7-4-6-19(2)14-22/h4-17,20H,1-3H3,(H,30,32)(H,28,29,31). The normalized spacial score (nSPS) is 11.6. The first-order valence-corrected chi connectivity index (χ1v) is 10.6. The second kappa shape index (κ2) is 9.43. The summed E-state index contributed by atoms with van der Waals surface area (Å²) in [5.41, 5.74) is 6.82. The monoisotopic (exact) mass is 422 g/mol. The molecule has 5 heteroatoms. The van der Waals surface area contributed by atoms with E-state index in [9.17, 15) is 4.79 Å². The van der Waals surface area contributed by atoms with Crippen molar-refractivity contribution in [2.45, 2.75) is 26.8 Å². The summed E-state index contributed by atoms with van der Waals surface area (Å²) in [7, 11) is 0. The Morgan fingerprint density at radius 3 is 2.25 bits per heavy atom. The number of rotatable bonds is 6. The molecule has 1 unspecified atom stereocenters. The third kappa shape index (κ3) is 5.19. The largest absolute Gasteiger partial charge is 0.346 e. The molecule has 2 N–H and O–H groups in total. The number of aryl methyl sites for hydroxylation is 2. The molecule has 3 aromatic carbocycles. The molecular formula is C27H26N4O. The Kier molecular flexibility index (Phi) is 6.26. The maximum atomic E-state index is 12.8. The first-order valence-electron chi connectivity index (χ1n) is 10.6. The quantitative estimate of drug-likeness (QED) is 0.400. The van der Waals surface area contributed by atoms with E-state index in [1.807, 2.05) is 62.4 Å². The number of benzene rings is 3. The van der Waals surface area contributed by atoms with Crippen molar-refractivity contribution in [2.75, 3.05) is 5.32 Å². The number of nitrogens with one attached hydrogen (secondary N) is 2. The zero-order valence-corrected chi connectivity index (χ0v) is 18.5. The zero-order valence-electron chi connectivity index (χ0n) is 18.5. The lowest BCUT2D eigenvalue weighted by Gasteiger charge is -2.15. The average Bonchev–Trinajstić information content (AvgIpc) is 2.80. The van der Waals surface area contributed by atoms with Crippen molar-refractivity contribution in [1.29, 1.82) is 0 Å². The molecule has 0 saturated carbocycles. The minimum atomic E-state index is -0.127. The number of amides is 1. The smallest absolute Gasteiger partial charge is 0.251 e. The molecule has 160 valence electrons. The summed E-state index contributed by atoms with van der Waals surface area (Å²) in [6.07, 6.45) is 3.59. The minimum absolute atomic E-state index is 0.0859. The van der Waals surface area contributed by atoms with Crippen LogP contribution in [-0.4, -0.2) is 15.9 Å². The topological polar surface area (TPSA) is 66.9 Å². The van der Waals surface area contributed by atoms with Gasteiger partial charge < -0.3 is 10.6 Å². The van der Waals surface area contributed by atoms with Crippen molar-refractivity contribution >= 4 is 17.5 Å². The van der Waals surface area contributed by atoms with E-state index in [2.05, 4.69) is 39.7 Å². The van der Waals surface area contributed by atoms with Crippen molar-refractivity contribution in [2.24, 2.45) is 0 Å². The maximum Gasteiger partial charge on any atom is 0.251 e. The number of carbonyl (C=O) groups excluding carboxylic acids is 1. The van der Waals surface area contributed by atoms with Gasteiger partial charge in [-0.25, -0.2) is 9.97 Å². The summed E-state index contributed by atoms with van der Waals surface area (Å²) in [5.74, 6) is 0.351. The van der Waals surface area contributed by atoms with E-state index in [1.54, 1.807) is 24.5 Å². The van der Waals surface area contributed by atoms with E-state index in [4.69, 9.17) is 0 Å². The molecule has 0 aliphatic rings. The van der Waals surface area contributed by atoms with Crippen LogP contribution in [0.3, 0.4) is 0 Å². The molecule has 32 heavy (non-hydrogen) atoms. The molecule has 1 amide bonds. The molecule has 0 spiro atoms. The second-order valence-corrected chi connectivity index (χ2v) is 7.98. The number of nitrogens with zero attached hydrogens (tertiary/aromatic N) is 2. The third-order valence-electron chi connectivity index (χ3n) is 5.31. The van der Waals surface area contributed by atoms with Crippen LogP contribution >= 0.6 is 0 Å². The summed E-state index contributed by atoms with van der Waals surface area (Å²) in [5, 5.41) is 6.23. The molecular weight excluding hydrogens is 396 g/mol. The highest BCUT2D eigenvalue weighted by Crippen LogP contribution is 2.21. The molecule has 0 saturated heterocycles. The molecule has 4 rings (SSSR count). The van der Waals surface area contributed by atoms with Gasteiger partial charge in [-0.1, -0.05) is 65.7 Å². The lowest BCUT2D eigenvalue weighted by atomic mass is 10.1. The molecule has 0 bridgehead atoms. The van der Waals surface area contributed by atoms with Gasteiger partial charge in [-0.05, 0) is 50.1 Å². The van der Waals surface area contributed by atoms with E-state index in [-0.39, 0.29) is 11.9 Å². The van der Waals surface area contributed by atoms with E-state index in [0.717, 1.165) is 22.4 Å². The van der Waals surface area contributed by atoms with Crippen LogP contribution in [0.5, 0.6) is 0 Å². The molecule has 4 aromatic rings. The van der Waals surface area contributed by atoms with E-state index >= 15 is 0 Å². The SMILES string of the molecule is Cc1ccc(C(C)NC(=O)c2cccc(Nc3ncc(-c4cccc(C)c4)cn3)c2)cc1. The Labute approximate surface area is 188 Å². The number of anilines is 2. The predicted molar refractivity (Wildman–Crippen MR) is 129 cm³/mol. The van der Waals surface area contributed by atoms with Gasteiger partial charge in [0, 0.05) is 29.2 Å². The van der Waals surface area contributed by atoms with Gasteiger partial charge >= 0.3 is 0 Å². The summed E-state index contributed by atoms with van der Waals surface area (Å²) in [4.78, 5) is 21.6. The predicted octanol–water partition coefficient (Wildman–Crippen LogP) is 6.00. The Bertz CT molecular complexity index is 1220. The Balaban J connectivity index is 1.43. The van der Waals surface area contributed by atoms with Crippen LogP contribution in [-0.2, 0) is 0 Å². The van der Waals surface area contributed by atoms with Gasteiger partial charge in [-0.2, -0.15) is 0 Å². The molecule has 5 nitrogen and oxygen atoms in total. The first kappa shape index (κ1) is 21.2. The Morgan fingerprint density at radius 1 is 0.812 bits per heavy atom. The van der Waals surface area contributed by atoms with Gasteiger partial charge in [0.05, 0.1) is 6.04 Å². The Morgan fingerprint density at radius 2 is 1.53 bits per heavy atom. The molecule has 0 aliphatic carbocycles. The van der Waals surface area contributed by atoms with Gasteiger partial charge in [0.1, 0.15) is 0 Å². The highest BCUT2D eigenvalue weighted by Gasteiger charge is 2.12. The number of hydrogen-bond acceptors (Lipinski definition) is 4. The summed E-state index contributed by atoms with van der Waals surface area (Å²) in [6, 6.07) is 23.6. The summed E-state index contributed by atoms with van der Waals surface area (Å²) in [6.45, 7) is 6.09. The fourth-order valence-corrected chi connectivity index (χ4v) is 3.45. The third-order valence-corrected chi connectivity index (χ3v) is 5.31. The minimum Gasteiger partial charge on any atom is -0.346 e. The lowest BCUT2D eigenvalue weighted by molar-refractivity contribution is 0.0940.